The van der Waals surface area contributed by atoms with E-state index in [0.717, 1.165) is 6.92 Å². The van der Waals surface area contributed by atoms with Gasteiger partial charge in [0.05, 0.1) is 26.4 Å². The van der Waals surface area contributed by atoms with E-state index in [4.69, 9.17) is 37.9 Å². The highest BCUT2D eigenvalue weighted by molar-refractivity contribution is 5.73. The number of aliphatic hydroxyl groups excluding tert-OH is 12. The summed E-state index contributed by atoms with van der Waals surface area (Å²) in [6.07, 6.45) is -32.8. The number of methoxy groups -OCH3 is 1. The van der Waals surface area contributed by atoms with Crippen LogP contribution in [0.3, 0.4) is 0 Å². The smallest absolute Gasteiger partial charge is 0.217 e. The van der Waals surface area contributed by atoms with Crippen LogP contribution in [0.15, 0.2) is 0 Å². The van der Waals surface area contributed by atoms with Crippen molar-refractivity contribution >= 4 is 5.91 Å². The lowest BCUT2D eigenvalue weighted by molar-refractivity contribution is -0.348. The average molecular weight is 722 g/mol. The van der Waals surface area contributed by atoms with Crippen molar-refractivity contribution in [3.63, 3.8) is 0 Å². The Balaban J connectivity index is 1.74. The van der Waals surface area contributed by atoms with E-state index in [9.17, 15) is 66.1 Å². The third-order valence-electron chi connectivity index (χ3n) is 8.83. The van der Waals surface area contributed by atoms with Gasteiger partial charge in [0.15, 0.2) is 25.2 Å². The SMILES string of the molecule is CO[C@H]1[C@H](O)[C@@H](CO)O[C@H](O[C@H]2[C@@H](O[C@H]3C(O)O[C@H](CO)[C@H](O)[C@@H]3O)O[C@@H]([C@H](O)CO)[C@@H]2O[C@H]2O[C@H](CO)[C@H](O)[C@H](O)[C@H]2O)[C@@H]1NC(C)=O. The molecule has 4 saturated heterocycles. The van der Waals surface area contributed by atoms with Crippen molar-refractivity contribution in [3.8, 4) is 0 Å². The summed E-state index contributed by atoms with van der Waals surface area (Å²) in [6, 6.07) is -1.34. The summed E-state index contributed by atoms with van der Waals surface area (Å²) in [6.45, 7) is -2.25. The second kappa shape index (κ2) is 17.5. The molecule has 0 bridgehead atoms. The molecule has 4 heterocycles. The van der Waals surface area contributed by atoms with E-state index < -0.39 is 155 Å². The predicted molar refractivity (Wildman–Crippen MR) is 150 cm³/mol. The lowest BCUT2D eigenvalue weighted by Gasteiger charge is -2.46. The summed E-state index contributed by atoms with van der Waals surface area (Å²) in [5.41, 5.74) is 0. The van der Waals surface area contributed by atoms with Crippen LogP contribution < -0.4 is 5.32 Å². The van der Waals surface area contributed by atoms with Gasteiger partial charge in [0, 0.05) is 14.0 Å². The molecular formula is C27H47NO21. The number of hydrogen-bond acceptors (Lipinski definition) is 21. The van der Waals surface area contributed by atoms with Crippen molar-refractivity contribution in [2.75, 3.05) is 33.5 Å². The highest BCUT2D eigenvalue weighted by Crippen LogP contribution is 2.37. The second-order valence-corrected chi connectivity index (χ2v) is 12.1. The Hall–Kier alpha value is -1.33. The Morgan fingerprint density at radius 1 is 0.633 bits per heavy atom. The molecule has 4 fully saturated rings. The first-order valence-electron chi connectivity index (χ1n) is 15.5. The zero-order chi connectivity index (χ0) is 36.3. The van der Waals surface area contributed by atoms with Gasteiger partial charge in [-0.05, 0) is 0 Å². The Morgan fingerprint density at radius 2 is 1.16 bits per heavy atom. The van der Waals surface area contributed by atoms with Gasteiger partial charge < -0.3 is 104 Å². The number of ether oxygens (including phenoxy) is 8. The van der Waals surface area contributed by atoms with Gasteiger partial charge in [0.1, 0.15) is 97.6 Å². The number of carbonyl (C=O) groups excluding carboxylic acids is 1. The first-order chi connectivity index (χ1) is 23.2. The average Bonchev–Trinajstić information content (AvgIpc) is 3.41. The number of amides is 1. The summed E-state index contributed by atoms with van der Waals surface area (Å²) in [7, 11) is 1.19. The van der Waals surface area contributed by atoms with Crippen LogP contribution in [-0.2, 0) is 42.7 Å². The summed E-state index contributed by atoms with van der Waals surface area (Å²) < 4.78 is 45.4. The zero-order valence-electron chi connectivity index (χ0n) is 26.4. The molecule has 4 aliphatic rings. The maximum atomic E-state index is 12.2. The van der Waals surface area contributed by atoms with Crippen LogP contribution in [0.4, 0.5) is 0 Å². The molecule has 49 heavy (non-hydrogen) atoms. The number of rotatable bonds is 13. The maximum Gasteiger partial charge on any atom is 0.217 e. The molecule has 0 aromatic rings. The monoisotopic (exact) mass is 721 g/mol. The highest BCUT2D eigenvalue weighted by atomic mass is 16.8. The summed E-state index contributed by atoms with van der Waals surface area (Å²) >= 11 is 0. The minimum Gasteiger partial charge on any atom is -0.394 e. The van der Waals surface area contributed by atoms with Crippen molar-refractivity contribution in [1.29, 1.82) is 0 Å². The second-order valence-electron chi connectivity index (χ2n) is 12.1. The molecule has 22 heteroatoms. The van der Waals surface area contributed by atoms with E-state index in [2.05, 4.69) is 5.32 Å². The lowest BCUT2D eigenvalue weighted by atomic mass is 9.96. The van der Waals surface area contributed by atoms with E-state index in [0.29, 0.717) is 0 Å². The van der Waals surface area contributed by atoms with Gasteiger partial charge in [-0.2, -0.15) is 0 Å². The Morgan fingerprint density at radius 3 is 1.73 bits per heavy atom. The Bertz CT molecular complexity index is 1040. The molecule has 0 aromatic carbocycles. The molecular weight excluding hydrogens is 674 g/mol. The number of carbonyl (C=O) groups is 1. The molecule has 0 spiro atoms. The fraction of sp³-hybridized carbons (Fsp3) is 0.963. The van der Waals surface area contributed by atoms with Gasteiger partial charge in [0.2, 0.25) is 5.91 Å². The van der Waals surface area contributed by atoms with Gasteiger partial charge in [-0.25, -0.2) is 0 Å². The van der Waals surface area contributed by atoms with Crippen molar-refractivity contribution in [2.45, 2.75) is 130 Å². The van der Waals surface area contributed by atoms with Gasteiger partial charge in [-0.1, -0.05) is 0 Å². The van der Waals surface area contributed by atoms with Crippen LogP contribution in [0.2, 0.25) is 0 Å². The summed E-state index contributed by atoms with van der Waals surface area (Å²) in [5, 5.41) is 126. The normalized spacial score (nSPS) is 48.3. The predicted octanol–water partition coefficient (Wildman–Crippen LogP) is -8.95. The van der Waals surface area contributed by atoms with Crippen molar-refractivity contribution in [3.05, 3.63) is 0 Å². The van der Waals surface area contributed by atoms with Crippen LogP contribution in [0.1, 0.15) is 6.92 Å². The maximum absolute atomic E-state index is 12.2. The number of aliphatic hydroxyl groups is 12. The molecule has 0 aromatic heterocycles. The van der Waals surface area contributed by atoms with E-state index in [-0.39, 0.29) is 0 Å². The van der Waals surface area contributed by atoms with Crippen LogP contribution in [-0.4, -0.2) is 223 Å². The fourth-order valence-electron chi connectivity index (χ4n) is 6.19. The Kier molecular flexibility index (Phi) is 14.4. The molecule has 4 aliphatic heterocycles. The fourth-order valence-corrected chi connectivity index (χ4v) is 6.19. The molecule has 1 unspecified atom stereocenters. The highest BCUT2D eigenvalue weighted by Gasteiger charge is 2.58. The number of hydrogen-bond donors (Lipinski definition) is 13. The van der Waals surface area contributed by atoms with E-state index >= 15 is 0 Å². The standard InChI is InChI=1S/C27H47NO21/c1-7(33)28-12-20(42-2)15(37)11(6-32)44-25(12)49-23-22(48-26-18(40)16(38)13(35)10(5-31)45-26)19(8(34)3-29)46-27(23)47-21-17(39)14(36)9(4-30)43-24(21)41/h8-27,29-32,34-41H,3-6H2,1-2H3,(H,28,33)/t8-,9-,10-,11-,12-,13+,14+,15-,16+,17+,18-,19+,20-,21-,22+,23-,24?,25-,26-,27-/m1/s1. The lowest BCUT2D eigenvalue weighted by Crippen LogP contribution is -2.66. The first kappa shape index (κ1) is 40.4. The first-order valence-corrected chi connectivity index (χ1v) is 15.5. The van der Waals surface area contributed by atoms with Crippen LogP contribution >= 0.6 is 0 Å². The molecule has 20 atom stereocenters. The van der Waals surface area contributed by atoms with Crippen molar-refractivity contribution in [1.82, 2.24) is 5.32 Å². The topological polar surface area (TPSA) is 346 Å². The zero-order valence-corrected chi connectivity index (χ0v) is 26.4. The summed E-state index contributed by atoms with van der Waals surface area (Å²) in [5.74, 6) is -0.643. The van der Waals surface area contributed by atoms with E-state index in [1.54, 1.807) is 0 Å². The molecule has 286 valence electrons. The minimum atomic E-state index is -2.00. The van der Waals surface area contributed by atoms with Crippen LogP contribution in [0.25, 0.3) is 0 Å². The molecule has 22 nitrogen and oxygen atoms in total. The molecule has 13 N–H and O–H groups in total. The molecule has 0 radical (unpaired) electrons. The van der Waals surface area contributed by atoms with E-state index in [1.165, 1.54) is 7.11 Å². The van der Waals surface area contributed by atoms with Gasteiger partial charge in [-0.15, -0.1) is 0 Å². The van der Waals surface area contributed by atoms with Gasteiger partial charge in [-0.3, -0.25) is 4.79 Å². The quantitative estimate of drug-likeness (QED) is 0.0839. The van der Waals surface area contributed by atoms with Crippen LogP contribution in [0.5, 0.6) is 0 Å². The largest absolute Gasteiger partial charge is 0.394 e. The van der Waals surface area contributed by atoms with Gasteiger partial charge >= 0.3 is 0 Å². The third kappa shape index (κ3) is 8.50. The minimum absolute atomic E-state index is 0.643. The molecule has 4 rings (SSSR count). The Labute approximate surface area is 278 Å². The molecule has 0 aliphatic carbocycles. The molecule has 0 saturated carbocycles. The van der Waals surface area contributed by atoms with E-state index in [1.807, 2.05) is 0 Å². The summed E-state index contributed by atoms with van der Waals surface area (Å²) in [4.78, 5) is 12.2. The third-order valence-corrected chi connectivity index (χ3v) is 8.83. The molecule has 1 amide bonds. The van der Waals surface area contributed by atoms with Crippen molar-refractivity contribution in [2.24, 2.45) is 0 Å². The van der Waals surface area contributed by atoms with Crippen molar-refractivity contribution < 1.29 is 104 Å². The van der Waals surface area contributed by atoms with Gasteiger partial charge in [0.25, 0.3) is 0 Å². The number of nitrogens with one attached hydrogen (secondary N) is 1. The van der Waals surface area contributed by atoms with Crippen LogP contribution in [0, 0.1) is 0 Å².